The van der Waals surface area contributed by atoms with Crippen LogP contribution in [0.15, 0.2) is 49.6 Å². The van der Waals surface area contributed by atoms with Gasteiger partial charge in [0.15, 0.2) is 0 Å². The van der Waals surface area contributed by atoms with E-state index in [1.54, 1.807) is 43.5 Å². The molecular formula is C26H32ClN3O5. The number of rotatable bonds is 9. The van der Waals surface area contributed by atoms with Gasteiger partial charge >= 0.3 is 0 Å². The number of ether oxygens (including phenoxy) is 1. The second kappa shape index (κ2) is 9.41. The molecule has 1 aromatic carbocycles. The van der Waals surface area contributed by atoms with Gasteiger partial charge in [-0.2, -0.15) is 0 Å². The fourth-order valence-electron chi connectivity index (χ4n) is 6.20. The van der Waals surface area contributed by atoms with Crippen molar-refractivity contribution in [2.24, 2.45) is 11.8 Å². The summed E-state index contributed by atoms with van der Waals surface area (Å²) in [6, 6.07) is 5.96. The SMILES string of the molecule is C=CCN(C)C(=O)[C@@H]1[C@H]2C(=O)N(CCO)C(C(=O)N(CC=C)c3ccccc3Cl)C23CC[C@@]1(C)O3. The van der Waals surface area contributed by atoms with Crippen LogP contribution in [-0.4, -0.2) is 83.2 Å². The average Bonchev–Trinajstić information content (AvgIpc) is 3.39. The molecule has 4 rings (SSSR count). The molecule has 2 unspecified atom stereocenters. The lowest BCUT2D eigenvalue weighted by atomic mass is 9.66. The molecule has 1 N–H and O–H groups in total. The number of aliphatic hydroxyl groups is 1. The quantitative estimate of drug-likeness (QED) is 0.524. The molecule has 3 fully saturated rings. The lowest BCUT2D eigenvalue weighted by Gasteiger charge is -2.36. The van der Waals surface area contributed by atoms with Gasteiger partial charge in [0.05, 0.1) is 34.8 Å². The molecule has 0 radical (unpaired) electrons. The topological polar surface area (TPSA) is 90.4 Å². The Labute approximate surface area is 210 Å². The monoisotopic (exact) mass is 501 g/mol. The van der Waals surface area contributed by atoms with Gasteiger partial charge in [0.25, 0.3) is 5.91 Å². The standard InChI is InChI=1S/C26H32ClN3O5/c1-5-13-28(4)22(32)19-20-23(33)30(15-16-31)21(26(20)12-11-25(19,3)35-26)24(34)29(14-6-2)18-10-8-7-9-17(18)27/h5-10,19-21,31H,1-2,11-16H2,3-4H3/t19-,20-,21?,25+,26?/m0/s1. The van der Waals surface area contributed by atoms with E-state index in [4.69, 9.17) is 16.3 Å². The summed E-state index contributed by atoms with van der Waals surface area (Å²) in [5.74, 6) is -2.49. The lowest BCUT2D eigenvalue weighted by Crippen LogP contribution is -2.57. The molecule has 3 aliphatic heterocycles. The normalized spacial score (nSPS) is 30.8. The first kappa shape index (κ1) is 25.4. The van der Waals surface area contributed by atoms with Gasteiger partial charge in [0, 0.05) is 26.7 Å². The van der Waals surface area contributed by atoms with Crippen molar-refractivity contribution >= 4 is 35.0 Å². The zero-order chi connectivity index (χ0) is 25.5. The van der Waals surface area contributed by atoms with Crippen LogP contribution in [0.4, 0.5) is 5.69 Å². The van der Waals surface area contributed by atoms with Crippen LogP contribution in [0, 0.1) is 11.8 Å². The fourth-order valence-corrected chi connectivity index (χ4v) is 6.44. The summed E-state index contributed by atoms with van der Waals surface area (Å²) in [5, 5.41) is 10.2. The van der Waals surface area contributed by atoms with E-state index in [2.05, 4.69) is 13.2 Å². The Balaban J connectivity index is 1.80. The Morgan fingerprint density at radius 2 is 1.91 bits per heavy atom. The first-order chi connectivity index (χ1) is 16.7. The predicted octanol–water partition coefficient (Wildman–Crippen LogP) is 2.26. The summed E-state index contributed by atoms with van der Waals surface area (Å²) in [6.07, 6.45) is 4.22. The van der Waals surface area contributed by atoms with Crippen LogP contribution in [-0.2, 0) is 19.1 Å². The van der Waals surface area contributed by atoms with Crippen molar-refractivity contribution < 1.29 is 24.2 Å². The second-order valence-corrected chi connectivity index (χ2v) is 10.1. The van der Waals surface area contributed by atoms with Gasteiger partial charge in [-0.1, -0.05) is 35.9 Å². The molecule has 5 atom stereocenters. The van der Waals surface area contributed by atoms with Gasteiger partial charge in [-0.05, 0) is 31.9 Å². The minimum Gasteiger partial charge on any atom is -0.395 e. The van der Waals surface area contributed by atoms with Crippen LogP contribution in [0.25, 0.3) is 0 Å². The highest BCUT2D eigenvalue weighted by Gasteiger charge is 2.78. The van der Waals surface area contributed by atoms with Crippen LogP contribution in [0.3, 0.4) is 0 Å². The molecule has 9 heteroatoms. The molecule has 2 bridgehead atoms. The van der Waals surface area contributed by atoms with Crippen LogP contribution in [0.1, 0.15) is 19.8 Å². The van der Waals surface area contributed by atoms with Gasteiger partial charge < -0.3 is 24.5 Å². The number of likely N-dealkylation sites (N-methyl/N-ethyl adjacent to an activating group) is 1. The molecule has 1 aromatic rings. The van der Waals surface area contributed by atoms with Gasteiger partial charge in [0.2, 0.25) is 11.8 Å². The zero-order valence-electron chi connectivity index (χ0n) is 20.2. The summed E-state index contributed by atoms with van der Waals surface area (Å²) in [6.45, 7) is 9.48. The van der Waals surface area contributed by atoms with Crippen molar-refractivity contribution in [2.75, 3.05) is 38.2 Å². The highest BCUT2D eigenvalue weighted by molar-refractivity contribution is 6.34. The number of hydrogen-bond donors (Lipinski definition) is 1. The smallest absolute Gasteiger partial charge is 0.253 e. The summed E-state index contributed by atoms with van der Waals surface area (Å²) in [5.41, 5.74) is -1.55. The van der Waals surface area contributed by atoms with E-state index < -0.39 is 29.1 Å². The number of fused-ring (bicyclic) bond motifs is 1. The van der Waals surface area contributed by atoms with Crippen molar-refractivity contribution in [2.45, 2.75) is 37.0 Å². The number of halogens is 1. The van der Waals surface area contributed by atoms with Gasteiger partial charge in [0.1, 0.15) is 11.6 Å². The van der Waals surface area contributed by atoms with Crippen LogP contribution >= 0.6 is 11.6 Å². The predicted molar refractivity (Wildman–Crippen MR) is 133 cm³/mol. The molecule has 3 heterocycles. The number of β-amino-alcohol motifs (C(OH)–C–C–N with tert-alkyl or cyclic N) is 1. The van der Waals surface area contributed by atoms with E-state index >= 15 is 0 Å². The maximum absolute atomic E-state index is 14.2. The molecule has 3 saturated heterocycles. The molecule has 0 aromatic heterocycles. The first-order valence-corrected chi connectivity index (χ1v) is 12.2. The Hall–Kier alpha value is -2.68. The van der Waals surface area contributed by atoms with E-state index in [0.29, 0.717) is 30.1 Å². The number of aliphatic hydroxyl groups excluding tert-OH is 1. The van der Waals surface area contributed by atoms with Crippen molar-refractivity contribution in [3.8, 4) is 0 Å². The number of nitrogens with zero attached hydrogens (tertiary/aromatic N) is 3. The number of carbonyl (C=O) groups is 3. The molecule has 0 saturated carbocycles. The number of anilines is 1. The van der Waals surface area contributed by atoms with Gasteiger partial charge in [-0.3, -0.25) is 14.4 Å². The van der Waals surface area contributed by atoms with E-state index in [9.17, 15) is 19.5 Å². The van der Waals surface area contributed by atoms with Crippen molar-refractivity contribution in [3.05, 3.63) is 54.6 Å². The van der Waals surface area contributed by atoms with Gasteiger partial charge in [-0.15, -0.1) is 13.2 Å². The molecule has 35 heavy (non-hydrogen) atoms. The molecule has 8 nitrogen and oxygen atoms in total. The molecule has 3 aliphatic rings. The minimum atomic E-state index is -1.17. The van der Waals surface area contributed by atoms with Crippen molar-refractivity contribution in [3.63, 3.8) is 0 Å². The summed E-state index contributed by atoms with van der Waals surface area (Å²) >= 11 is 6.43. The highest BCUT2D eigenvalue weighted by Crippen LogP contribution is 2.63. The molecule has 1 spiro atoms. The molecule has 188 valence electrons. The third-order valence-electron chi connectivity index (χ3n) is 7.62. The van der Waals surface area contributed by atoms with E-state index in [1.165, 1.54) is 14.7 Å². The van der Waals surface area contributed by atoms with E-state index in [0.717, 1.165) is 0 Å². The van der Waals surface area contributed by atoms with Crippen LogP contribution < -0.4 is 4.90 Å². The Morgan fingerprint density at radius 1 is 1.23 bits per heavy atom. The maximum Gasteiger partial charge on any atom is 0.253 e. The zero-order valence-corrected chi connectivity index (χ0v) is 20.9. The number of carbonyl (C=O) groups excluding carboxylic acids is 3. The lowest BCUT2D eigenvalue weighted by molar-refractivity contribution is -0.149. The number of likely N-dealkylation sites (tertiary alicyclic amines) is 1. The number of amides is 3. The summed E-state index contributed by atoms with van der Waals surface area (Å²) in [4.78, 5) is 46.0. The Bertz CT molecular complexity index is 1060. The minimum absolute atomic E-state index is 0.0403. The second-order valence-electron chi connectivity index (χ2n) is 9.68. The van der Waals surface area contributed by atoms with Gasteiger partial charge in [-0.25, -0.2) is 0 Å². The molecular weight excluding hydrogens is 470 g/mol. The first-order valence-electron chi connectivity index (χ1n) is 11.8. The third-order valence-corrected chi connectivity index (χ3v) is 7.94. The number of hydrogen-bond acceptors (Lipinski definition) is 5. The van der Waals surface area contributed by atoms with Crippen LogP contribution in [0.5, 0.6) is 0 Å². The molecule has 0 aliphatic carbocycles. The summed E-state index contributed by atoms with van der Waals surface area (Å²) in [7, 11) is 1.67. The van der Waals surface area contributed by atoms with E-state index in [-0.39, 0.29) is 37.4 Å². The van der Waals surface area contributed by atoms with Crippen molar-refractivity contribution in [1.82, 2.24) is 9.80 Å². The largest absolute Gasteiger partial charge is 0.395 e. The van der Waals surface area contributed by atoms with Crippen LogP contribution in [0.2, 0.25) is 5.02 Å². The summed E-state index contributed by atoms with van der Waals surface area (Å²) < 4.78 is 6.58. The maximum atomic E-state index is 14.2. The fraction of sp³-hybridized carbons (Fsp3) is 0.500. The van der Waals surface area contributed by atoms with E-state index in [1.807, 2.05) is 6.92 Å². The molecule has 3 amide bonds. The highest BCUT2D eigenvalue weighted by atomic mass is 35.5. The Morgan fingerprint density at radius 3 is 2.54 bits per heavy atom. The number of benzene rings is 1. The third kappa shape index (κ3) is 3.79. The Kier molecular flexibility index (Phi) is 6.83. The number of para-hydroxylation sites is 1. The average molecular weight is 502 g/mol. The van der Waals surface area contributed by atoms with Crippen molar-refractivity contribution in [1.29, 1.82) is 0 Å².